The van der Waals surface area contributed by atoms with Crippen LogP contribution in [-0.2, 0) is 6.54 Å². The average molecular weight is 256 g/mol. The number of pyridine rings is 1. The second-order valence-corrected chi connectivity index (χ2v) is 4.52. The molecule has 0 atom stereocenters. The normalized spacial score (nSPS) is 10.2. The van der Waals surface area contributed by atoms with Crippen LogP contribution < -0.4 is 0 Å². The van der Waals surface area contributed by atoms with Crippen LogP contribution in [0.4, 0.5) is 0 Å². The van der Waals surface area contributed by atoms with Crippen LogP contribution in [0.5, 0.6) is 5.75 Å². The van der Waals surface area contributed by atoms with Crippen molar-refractivity contribution in [3.63, 3.8) is 0 Å². The van der Waals surface area contributed by atoms with Crippen LogP contribution >= 0.6 is 0 Å². The van der Waals surface area contributed by atoms with Gasteiger partial charge in [0.1, 0.15) is 5.75 Å². The monoisotopic (exact) mass is 256 g/mol. The summed E-state index contributed by atoms with van der Waals surface area (Å²) < 4.78 is 0. The predicted molar refractivity (Wildman–Crippen MR) is 72.9 cm³/mol. The van der Waals surface area contributed by atoms with E-state index in [9.17, 15) is 9.90 Å². The summed E-state index contributed by atoms with van der Waals surface area (Å²) in [5.41, 5.74) is 2.30. The Hall–Kier alpha value is -2.36. The maximum atomic E-state index is 12.1. The summed E-state index contributed by atoms with van der Waals surface area (Å²) in [5.74, 6) is -0.387. The third-order valence-corrected chi connectivity index (χ3v) is 2.88. The van der Waals surface area contributed by atoms with E-state index in [4.69, 9.17) is 0 Å². The zero-order chi connectivity index (χ0) is 13.8. The van der Waals surface area contributed by atoms with Crippen molar-refractivity contribution < 1.29 is 9.90 Å². The predicted octanol–water partition coefficient (Wildman–Crippen LogP) is 2.37. The van der Waals surface area contributed by atoms with Gasteiger partial charge in [-0.2, -0.15) is 0 Å². The Labute approximate surface area is 112 Å². The van der Waals surface area contributed by atoms with Gasteiger partial charge >= 0.3 is 0 Å². The lowest BCUT2D eigenvalue weighted by atomic mass is 10.1. The minimum Gasteiger partial charge on any atom is -0.505 e. The fourth-order valence-electron chi connectivity index (χ4n) is 1.78. The molecule has 0 aliphatic carbocycles. The van der Waals surface area contributed by atoms with Crippen LogP contribution in [0.25, 0.3) is 0 Å². The lowest BCUT2D eigenvalue weighted by Gasteiger charge is -2.17. The van der Waals surface area contributed by atoms with E-state index in [1.807, 2.05) is 31.2 Å². The smallest absolute Gasteiger partial charge is 0.276 e. The molecule has 4 nitrogen and oxygen atoms in total. The standard InChI is InChI=1S/C15H16N2O2/c1-11-5-7-12(8-6-11)10-17(2)15(19)14-13(18)4-3-9-16-14/h3-9,18H,10H2,1-2H3. The highest BCUT2D eigenvalue weighted by atomic mass is 16.3. The molecule has 0 unspecified atom stereocenters. The van der Waals surface area contributed by atoms with E-state index < -0.39 is 0 Å². The minimum atomic E-state index is -0.293. The highest BCUT2D eigenvalue weighted by Crippen LogP contribution is 2.15. The Kier molecular flexibility index (Phi) is 3.80. The third-order valence-electron chi connectivity index (χ3n) is 2.88. The zero-order valence-corrected chi connectivity index (χ0v) is 11.0. The highest BCUT2D eigenvalue weighted by molar-refractivity contribution is 5.94. The molecule has 4 heteroatoms. The second-order valence-electron chi connectivity index (χ2n) is 4.52. The third kappa shape index (κ3) is 3.10. The summed E-state index contributed by atoms with van der Waals surface area (Å²) in [4.78, 5) is 17.6. The van der Waals surface area contributed by atoms with E-state index in [0.29, 0.717) is 6.54 Å². The van der Waals surface area contributed by atoms with Gasteiger partial charge in [-0.05, 0) is 24.6 Å². The van der Waals surface area contributed by atoms with Gasteiger partial charge < -0.3 is 10.0 Å². The number of carbonyl (C=O) groups excluding carboxylic acids is 1. The summed E-state index contributed by atoms with van der Waals surface area (Å²) in [6.45, 7) is 2.50. The Morgan fingerprint density at radius 2 is 1.95 bits per heavy atom. The number of carbonyl (C=O) groups is 1. The lowest BCUT2D eigenvalue weighted by molar-refractivity contribution is 0.0776. The molecule has 1 heterocycles. The first-order valence-electron chi connectivity index (χ1n) is 6.03. The van der Waals surface area contributed by atoms with Gasteiger partial charge in [0.05, 0.1) is 0 Å². The number of nitrogens with zero attached hydrogens (tertiary/aromatic N) is 2. The first-order valence-corrected chi connectivity index (χ1v) is 6.03. The van der Waals surface area contributed by atoms with Crippen LogP contribution in [0.3, 0.4) is 0 Å². The largest absolute Gasteiger partial charge is 0.505 e. The molecule has 0 radical (unpaired) electrons. The Bertz CT molecular complexity index is 579. The Morgan fingerprint density at radius 3 is 2.58 bits per heavy atom. The number of amides is 1. The quantitative estimate of drug-likeness (QED) is 0.917. The molecule has 0 aliphatic heterocycles. The molecule has 1 aromatic carbocycles. The van der Waals surface area contributed by atoms with Crippen molar-refractivity contribution in [2.24, 2.45) is 0 Å². The number of aromatic nitrogens is 1. The molecule has 1 amide bonds. The van der Waals surface area contributed by atoms with E-state index >= 15 is 0 Å². The lowest BCUT2D eigenvalue weighted by Crippen LogP contribution is -2.27. The molecule has 0 fully saturated rings. The van der Waals surface area contributed by atoms with E-state index in [-0.39, 0.29) is 17.4 Å². The molecule has 0 bridgehead atoms. The molecule has 0 saturated heterocycles. The fourth-order valence-corrected chi connectivity index (χ4v) is 1.78. The van der Waals surface area contributed by atoms with Crippen LogP contribution in [0, 0.1) is 6.92 Å². The number of aromatic hydroxyl groups is 1. The molecule has 98 valence electrons. The molecular weight excluding hydrogens is 240 g/mol. The van der Waals surface area contributed by atoms with Crippen LogP contribution in [0.2, 0.25) is 0 Å². The van der Waals surface area contributed by atoms with Crippen molar-refractivity contribution in [3.8, 4) is 5.75 Å². The molecule has 2 rings (SSSR count). The van der Waals surface area contributed by atoms with Crippen LogP contribution in [-0.4, -0.2) is 27.9 Å². The summed E-state index contributed by atoms with van der Waals surface area (Å²) in [7, 11) is 1.69. The SMILES string of the molecule is Cc1ccc(CN(C)C(=O)c2ncccc2O)cc1. The molecule has 0 spiro atoms. The molecule has 1 aromatic heterocycles. The zero-order valence-electron chi connectivity index (χ0n) is 11.0. The van der Waals surface area contributed by atoms with Gasteiger partial charge in [-0.3, -0.25) is 4.79 Å². The summed E-state index contributed by atoms with van der Waals surface area (Å²) in [5, 5.41) is 9.62. The molecular formula is C15H16N2O2. The number of hydrogen-bond donors (Lipinski definition) is 1. The summed E-state index contributed by atoms with van der Waals surface area (Å²) >= 11 is 0. The van der Waals surface area contributed by atoms with Gasteiger partial charge in [-0.25, -0.2) is 4.98 Å². The fraction of sp³-hybridized carbons (Fsp3) is 0.200. The van der Waals surface area contributed by atoms with Crippen molar-refractivity contribution in [2.45, 2.75) is 13.5 Å². The molecule has 1 N–H and O–H groups in total. The van der Waals surface area contributed by atoms with E-state index in [0.717, 1.165) is 5.56 Å². The van der Waals surface area contributed by atoms with Gasteiger partial charge in [0.15, 0.2) is 5.69 Å². The first kappa shape index (κ1) is 13.1. The second kappa shape index (κ2) is 5.52. The number of hydrogen-bond acceptors (Lipinski definition) is 3. The van der Waals surface area contributed by atoms with Crippen LogP contribution in [0.15, 0.2) is 42.6 Å². The van der Waals surface area contributed by atoms with E-state index in [1.165, 1.54) is 22.7 Å². The molecule has 19 heavy (non-hydrogen) atoms. The first-order chi connectivity index (χ1) is 9.08. The topological polar surface area (TPSA) is 53.4 Å². The highest BCUT2D eigenvalue weighted by Gasteiger charge is 2.16. The van der Waals surface area contributed by atoms with Gasteiger partial charge in [-0.1, -0.05) is 29.8 Å². The van der Waals surface area contributed by atoms with Crippen molar-refractivity contribution in [3.05, 3.63) is 59.4 Å². The van der Waals surface area contributed by atoms with Crippen molar-refractivity contribution in [1.82, 2.24) is 9.88 Å². The number of aryl methyl sites for hydroxylation is 1. The van der Waals surface area contributed by atoms with Crippen molar-refractivity contribution in [2.75, 3.05) is 7.05 Å². The maximum Gasteiger partial charge on any atom is 0.276 e. The minimum absolute atomic E-state index is 0.0807. The molecule has 2 aromatic rings. The number of rotatable bonds is 3. The van der Waals surface area contributed by atoms with Crippen molar-refractivity contribution >= 4 is 5.91 Å². The number of benzene rings is 1. The maximum absolute atomic E-state index is 12.1. The van der Waals surface area contributed by atoms with E-state index in [2.05, 4.69) is 4.98 Å². The van der Waals surface area contributed by atoms with Gasteiger partial charge in [0.2, 0.25) is 0 Å². The van der Waals surface area contributed by atoms with Crippen molar-refractivity contribution in [1.29, 1.82) is 0 Å². The molecule has 0 saturated carbocycles. The molecule has 0 aliphatic rings. The summed E-state index contributed by atoms with van der Waals surface area (Å²) in [6.07, 6.45) is 1.49. The Balaban J connectivity index is 2.12. The van der Waals surface area contributed by atoms with Gasteiger partial charge in [-0.15, -0.1) is 0 Å². The van der Waals surface area contributed by atoms with Gasteiger partial charge in [0, 0.05) is 19.8 Å². The summed E-state index contributed by atoms with van der Waals surface area (Å²) in [6, 6.07) is 11.0. The van der Waals surface area contributed by atoms with Crippen LogP contribution in [0.1, 0.15) is 21.6 Å². The average Bonchev–Trinajstić information content (AvgIpc) is 2.41. The van der Waals surface area contributed by atoms with Gasteiger partial charge in [0.25, 0.3) is 5.91 Å². The Morgan fingerprint density at radius 1 is 1.26 bits per heavy atom. The van der Waals surface area contributed by atoms with E-state index in [1.54, 1.807) is 13.1 Å².